The Morgan fingerprint density at radius 2 is 1.44 bits per heavy atom. The zero-order valence-corrected chi connectivity index (χ0v) is 30.8. The minimum absolute atomic E-state index is 0.0609. The number of rotatable bonds is 14. The fourth-order valence-corrected chi connectivity index (χ4v) is 6.75. The number of aliphatic hydroxyl groups is 1. The number of ketones is 1. The molecule has 1 N–H and O–H groups in total. The van der Waals surface area contributed by atoms with E-state index in [2.05, 4.69) is 114 Å². The molecule has 1 saturated heterocycles. The van der Waals surface area contributed by atoms with Gasteiger partial charge in [-0.2, -0.15) is 4.58 Å². The molecule has 1 aliphatic carbocycles. The summed E-state index contributed by atoms with van der Waals surface area (Å²) in [5.41, 5.74) is 6.01. The number of Topliss-reactive ketones (excluding diaryl/α,β-unsaturated/α-hetero) is 1. The van der Waals surface area contributed by atoms with E-state index in [0.29, 0.717) is 11.1 Å². The molecule has 0 spiro atoms. The highest BCUT2D eigenvalue weighted by molar-refractivity contribution is 6.62. The Labute approximate surface area is 289 Å². The molecule has 2 aromatic carbocycles. The molecular formula is C41H56BN2O4+. The highest BCUT2D eigenvalue weighted by Gasteiger charge is 2.53. The SMILES string of the molecule is CCCCN(CCCC)c1ccc(/C=C/C2=C(O)C(=C\C3=[N+](CCCC)c4ccc(B5OC(C)(C)C(C)(C)O5)cc4C3(C)C)/C2=O)cc1. The molecule has 0 bridgehead atoms. The number of benzene rings is 2. The van der Waals surface area contributed by atoms with Gasteiger partial charge in [0.1, 0.15) is 12.3 Å². The van der Waals surface area contributed by atoms with E-state index in [-0.39, 0.29) is 11.5 Å². The molecule has 6 nitrogen and oxygen atoms in total. The molecule has 0 unspecified atom stereocenters. The molecule has 0 aromatic heterocycles. The molecule has 48 heavy (non-hydrogen) atoms. The number of nitrogens with zero attached hydrogens (tertiary/aromatic N) is 2. The third-order valence-corrected chi connectivity index (χ3v) is 10.7. The number of carbonyl (C=O) groups is 1. The Morgan fingerprint density at radius 3 is 2.00 bits per heavy atom. The van der Waals surface area contributed by atoms with Crippen molar-refractivity contribution in [3.8, 4) is 0 Å². The number of unbranched alkanes of at least 4 members (excludes halogenated alkanes) is 3. The molecule has 2 aliphatic heterocycles. The van der Waals surface area contributed by atoms with E-state index in [9.17, 15) is 9.90 Å². The molecule has 2 heterocycles. The quantitative estimate of drug-likeness (QED) is 0.126. The van der Waals surface area contributed by atoms with Gasteiger partial charge in [0.2, 0.25) is 11.5 Å². The maximum absolute atomic E-state index is 13.5. The summed E-state index contributed by atoms with van der Waals surface area (Å²) in [4.78, 5) is 15.9. The van der Waals surface area contributed by atoms with Crippen LogP contribution in [0.3, 0.4) is 0 Å². The van der Waals surface area contributed by atoms with E-state index in [1.165, 1.54) is 36.9 Å². The van der Waals surface area contributed by atoms with Gasteiger partial charge in [0, 0.05) is 42.9 Å². The average Bonchev–Trinajstić information content (AvgIpc) is 3.41. The van der Waals surface area contributed by atoms with Crippen molar-refractivity contribution in [2.75, 3.05) is 24.5 Å². The van der Waals surface area contributed by atoms with Crippen LogP contribution in [-0.4, -0.2) is 59.1 Å². The van der Waals surface area contributed by atoms with Gasteiger partial charge in [0.15, 0.2) is 5.71 Å². The van der Waals surface area contributed by atoms with Crippen molar-refractivity contribution >= 4 is 41.5 Å². The van der Waals surface area contributed by atoms with E-state index >= 15 is 0 Å². The number of allylic oxidation sites excluding steroid dienone is 4. The first kappa shape index (κ1) is 35.9. The molecule has 2 aromatic rings. The van der Waals surface area contributed by atoms with Crippen LogP contribution in [0.1, 0.15) is 112 Å². The number of hydrogen-bond acceptors (Lipinski definition) is 5. The topological polar surface area (TPSA) is 62.0 Å². The Balaban J connectivity index is 1.39. The highest BCUT2D eigenvalue weighted by Crippen LogP contribution is 2.43. The molecule has 3 aliphatic rings. The second-order valence-corrected chi connectivity index (χ2v) is 15.1. The normalized spacial score (nSPS) is 20.3. The molecule has 256 valence electrons. The fraction of sp³-hybridized carbons (Fsp3) is 0.512. The summed E-state index contributed by atoms with van der Waals surface area (Å²) in [5, 5.41) is 11.2. The van der Waals surface area contributed by atoms with Crippen LogP contribution in [0.4, 0.5) is 11.4 Å². The minimum atomic E-state index is -0.450. The Morgan fingerprint density at radius 1 is 0.833 bits per heavy atom. The fourth-order valence-electron chi connectivity index (χ4n) is 6.75. The predicted octanol–water partition coefficient (Wildman–Crippen LogP) is 8.60. The summed E-state index contributed by atoms with van der Waals surface area (Å²) in [6, 6.07) is 15.0. The van der Waals surface area contributed by atoms with Gasteiger partial charge in [-0.3, -0.25) is 4.79 Å². The van der Waals surface area contributed by atoms with Crippen LogP contribution in [0.2, 0.25) is 0 Å². The second kappa shape index (κ2) is 14.2. The van der Waals surface area contributed by atoms with Crippen molar-refractivity contribution in [3.63, 3.8) is 0 Å². The van der Waals surface area contributed by atoms with Crippen LogP contribution in [0.5, 0.6) is 0 Å². The largest absolute Gasteiger partial charge is 0.506 e. The number of carbonyl (C=O) groups excluding carboxylic acids is 1. The van der Waals surface area contributed by atoms with Crippen LogP contribution in [0.25, 0.3) is 6.08 Å². The summed E-state index contributed by atoms with van der Waals surface area (Å²) in [5.74, 6) is -0.0657. The summed E-state index contributed by atoms with van der Waals surface area (Å²) in [6.07, 6.45) is 12.4. The van der Waals surface area contributed by atoms with Crippen LogP contribution in [0.15, 0.2) is 71.5 Å². The van der Waals surface area contributed by atoms with Crippen LogP contribution < -0.4 is 10.4 Å². The van der Waals surface area contributed by atoms with E-state index in [0.717, 1.165) is 54.9 Å². The monoisotopic (exact) mass is 651 g/mol. The third kappa shape index (κ3) is 6.86. The second-order valence-electron chi connectivity index (χ2n) is 15.1. The summed E-state index contributed by atoms with van der Waals surface area (Å²) < 4.78 is 15.1. The first-order chi connectivity index (χ1) is 22.8. The lowest BCUT2D eigenvalue weighted by atomic mass is 9.73. The Bertz CT molecular complexity index is 1620. The molecule has 0 atom stereocenters. The molecule has 0 amide bonds. The zero-order chi connectivity index (χ0) is 34.9. The van der Waals surface area contributed by atoms with E-state index in [4.69, 9.17) is 9.31 Å². The van der Waals surface area contributed by atoms with E-state index < -0.39 is 23.7 Å². The number of anilines is 1. The Hall–Kier alpha value is -3.42. The van der Waals surface area contributed by atoms with Crippen LogP contribution in [-0.2, 0) is 19.5 Å². The molecule has 5 rings (SSSR count). The number of aliphatic hydroxyl groups excluding tert-OH is 1. The van der Waals surface area contributed by atoms with Gasteiger partial charge in [-0.05, 0) is 83.6 Å². The van der Waals surface area contributed by atoms with Crippen molar-refractivity contribution in [2.45, 2.75) is 117 Å². The molecule has 0 saturated carbocycles. The standard InChI is InChI=1S/C41H55BN2O4/c1-10-13-24-43(25-14-11-2)31-20-16-29(17-21-31)18-22-32-37(45)33(38(32)46)28-36-39(4,5)34-27-30(19-23-35(34)44(36)26-15-12-3)42-47-40(6,7)41(8,9)48-42/h16-23,27-28H,10-15,24-26H2,1-9H3/p+1. The van der Waals surface area contributed by atoms with Gasteiger partial charge in [0.25, 0.3) is 0 Å². The van der Waals surface area contributed by atoms with Gasteiger partial charge >= 0.3 is 7.12 Å². The maximum atomic E-state index is 13.5. The zero-order valence-electron chi connectivity index (χ0n) is 30.8. The summed E-state index contributed by atoms with van der Waals surface area (Å²) in [6.45, 7) is 22.3. The van der Waals surface area contributed by atoms with Gasteiger partial charge < -0.3 is 19.3 Å². The first-order valence-electron chi connectivity index (χ1n) is 18.1. The molecule has 0 radical (unpaired) electrons. The summed E-state index contributed by atoms with van der Waals surface area (Å²) >= 11 is 0. The van der Waals surface area contributed by atoms with E-state index in [1.807, 2.05) is 12.2 Å². The van der Waals surface area contributed by atoms with Gasteiger partial charge in [-0.1, -0.05) is 70.4 Å². The smallest absolute Gasteiger partial charge is 0.494 e. The van der Waals surface area contributed by atoms with Crippen LogP contribution >= 0.6 is 0 Å². The van der Waals surface area contributed by atoms with Gasteiger partial charge in [0.05, 0.1) is 27.8 Å². The van der Waals surface area contributed by atoms with Crippen molar-refractivity contribution in [3.05, 3.63) is 82.6 Å². The van der Waals surface area contributed by atoms with Crippen molar-refractivity contribution in [2.24, 2.45) is 0 Å². The number of fused-ring (bicyclic) bond motifs is 1. The van der Waals surface area contributed by atoms with E-state index in [1.54, 1.807) is 6.08 Å². The molecule has 7 heteroatoms. The lowest BCUT2D eigenvalue weighted by Crippen LogP contribution is -2.41. The lowest BCUT2D eigenvalue weighted by molar-refractivity contribution is -0.438. The van der Waals surface area contributed by atoms with Gasteiger partial charge in [-0.25, -0.2) is 0 Å². The highest BCUT2D eigenvalue weighted by atomic mass is 16.7. The van der Waals surface area contributed by atoms with Crippen molar-refractivity contribution in [1.82, 2.24) is 0 Å². The maximum Gasteiger partial charge on any atom is 0.494 e. The van der Waals surface area contributed by atoms with Crippen molar-refractivity contribution in [1.29, 1.82) is 0 Å². The van der Waals surface area contributed by atoms with Gasteiger partial charge in [-0.15, -0.1) is 0 Å². The Kier molecular flexibility index (Phi) is 10.6. The molecular weight excluding hydrogens is 595 g/mol. The first-order valence-corrected chi connectivity index (χ1v) is 18.1. The lowest BCUT2D eigenvalue weighted by Gasteiger charge is -2.32. The van der Waals surface area contributed by atoms with Crippen molar-refractivity contribution < 1.29 is 23.8 Å². The average molecular weight is 652 g/mol. The molecule has 1 fully saturated rings. The third-order valence-electron chi connectivity index (χ3n) is 10.7. The summed E-state index contributed by atoms with van der Waals surface area (Å²) in [7, 11) is -0.450. The number of hydrogen-bond donors (Lipinski definition) is 1. The minimum Gasteiger partial charge on any atom is -0.506 e. The van der Waals surface area contributed by atoms with Crippen LogP contribution in [0, 0.1) is 0 Å². The predicted molar refractivity (Wildman–Crippen MR) is 200 cm³/mol.